The second-order valence-corrected chi connectivity index (χ2v) is 4.41. The predicted molar refractivity (Wildman–Crippen MR) is 63.6 cm³/mol. The van der Waals surface area contributed by atoms with Gasteiger partial charge in [-0.1, -0.05) is 0 Å². The molecule has 17 heavy (non-hydrogen) atoms. The van der Waals surface area contributed by atoms with Crippen LogP contribution in [0.4, 0.5) is 0 Å². The van der Waals surface area contributed by atoms with E-state index in [1.165, 1.54) is 6.20 Å². The number of nitrogens with zero attached hydrogens (tertiary/aromatic N) is 1. The highest BCUT2D eigenvalue weighted by Gasteiger charge is 2.20. The number of aromatic nitrogens is 1. The number of nitrogens with two attached hydrogens (primary N) is 2. The van der Waals surface area contributed by atoms with Gasteiger partial charge in [-0.2, -0.15) is 0 Å². The predicted octanol–water partition coefficient (Wildman–Crippen LogP) is 0.829. The van der Waals surface area contributed by atoms with E-state index in [-0.39, 0.29) is 17.8 Å². The summed E-state index contributed by atoms with van der Waals surface area (Å²) in [7, 11) is 0. The molecule has 0 radical (unpaired) electrons. The van der Waals surface area contributed by atoms with Gasteiger partial charge in [0.2, 0.25) is 0 Å². The minimum absolute atomic E-state index is 0.127. The van der Waals surface area contributed by atoms with Crippen LogP contribution in [0.3, 0.4) is 0 Å². The van der Waals surface area contributed by atoms with Gasteiger partial charge >= 0.3 is 0 Å². The molecule has 1 aliphatic rings. The van der Waals surface area contributed by atoms with Crippen molar-refractivity contribution in [3.05, 3.63) is 24.0 Å². The third kappa shape index (κ3) is 3.17. The summed E-state index contributed by atoms with van der Waals surface area (Å²) in [6, 6.07) is 3.51. The summed E-state index contributed by atoms with van der Waals surface area (Å²) >= 11 is 0. The summed E-state index contributed by atoms with van der Waals surface area (Å²) in [6.45, 7) is 0. The molecule has 0 bridgehead atoms. The Kier molecular flexibility index (Phi) is 3.58. The molecule has 5 heteroatoms. The molecule has 1 heterocycles. The largest absolute Gasteiger partial charge is 0.490 e. The summed E-state index contributed by atoms with van der Waals surface area (Å²) in [4.78, 5) is 14.8. The van der Waals surface area contributed by atoms with Crippen molar-refractivity contribution in [1.82, 2.24) is 4.98 Å². The van der Waals surface area contributed by atoms with E-state index < -0.39 is 5.91 Å². The first-order chi connectivity index (χ1) is 8.15. The summed E-state index contributed by atoms with van der Waals surface area (Å²) in [5.41, 5.74) is 11.3. The molecular formula is C12H17N3O2. The number of primary amides is 1. The van der Waals surface area contributed by atoms with Crippen LogP contribution < -0.4 is 16.2 Å². The molecule has 0 aliphatic heterocycles. The van der Waals surface area contributed by atoms with Crippen LogP contribution in [0.15, 0.2) is 18.3 Å². The van der Waals surface area contributed by atoms with E-state index >= 15 is 0 Å². The zero-order valence-electron chi connectivity index (χ0n) is 9.63. The second-order valence-electron chi connectivity index (χ2n) is 4.41. The lowest BCUT2D eigenvalue weighted by atomic mass is 9.93. The van der Waals surface area contributed by atoms with Crippen LogP contribution in [0.1, 0.15) is 36.2 Å². The van der Waals surface area contributed by atoms with Crippen molar-refractivity contribution in [3.8, 4) is 5.75 Å². The van der Waals surface area contributed by atoms with Crippen molar-refractivity contribution in [2.45, 2.75) is 37.8 Å². The first kappa shape index (κ1) is 11.9. The fourth-order valence-corrected chi connectivity index (χ4v) is 2.10. The van der Waals surface area contributed by atoms with Crippen LogP contribution >= 0.6 is 0 Å². The van der Waals surface area contributed by atoms with Crippen molar-refractivity contribution < 1.29 is 9.53 Å². The van der Waals surface area contributed by atoms with Crippen LogP contribution in [0.2, 0.25) is 0 Å². The Labute approximate surface area is 100 Å². The van der Waals surface area contributed by atoms with Crippen LogP contribution in [0.25, 0.3) is 0 Å². The Hall–Kier alpha value is -1.62. The van der Waals surface area contributed by atoms with Gasteiger partial charge in [0.1, 0.15) is 17.5 Å². The average molecular weight is 235 g/mol. The van der Waals surface area contributed by atoms with Crippen LogP contribution in [0.5, 0.6) is 5.75 Å². The minimum atomic E-state index is -0.546. The Bertz CT molecular complexity index is 408. The molecule has 1 aliphatic carbocycles. The number of pyridine rings is 1. The maximum absolute atomic E-state index is 11.0. The molecule has 1 fully saturated rings. The van der Waals surface area contributed by atoms with Crippen molar-refractivity contribution in [2.75, 3.05) is 0 Å². The van der Waals surface area contributed by atoms with Gasteiger partial charge in [-0.05, 0) is 31.7 Å². The molecule has 92 valence electrons. The second kappa shape index (κ2) is 5.14. The maximum Gasteiger partial charge on any atom is 0.267 e. The van der Waals surface area contributed by atoms with Gasteiger partial charge in [0.25, 0.3) is 5.91 Å². The molecule has 1 aromatic heterocycles. The molecule has 1 amide bonds. The van der Waals surface area contributed by atoms with E-state index in [1.807, 2.05) is 0 Å². The monoisotopic (exact) mass is 235 g/mol. The normalized spacial score (nSPS) is 24.3. The Morgan fingerprint density at radius 1 is 1.47 bits per heavy atom. The number of hydrogen-bond acceptors (Lipinski definition) is 4. The van der Waals surface area contributed by atoms with Gasteiger partial charge in [-0.3, -0.25) is 9.78 Å². The molecule has 5 nitrogen and oxygen atoms in total. The lowest BCUT2D eigenvalue weighted by molar-refractivity contribution is 0.0993. The summed E-state index contributed by atoms with van der Waals surface area (Å²) in [5, 5.41) is 0. The van der Waals surface area contributed by atoms with E-state index in [4.69, 9.17) is 16.2 Å². The summed E-state index contributed by atoms with van der Waals surface area (Å²) in [6.07, 6.45) is 5.65. The molecular weight excluding hydrogens is 218 g/mol. The molecule has 0 saturated heterocycles. The van der Waals surface area contributed by atoms with Crippen molar-refractivity contribution >= 4 is 5.91 Å². The smallest absolute Gasteiger partial charge is 0.267 e. The quantitative estimate of drug-likeness (QED) is 0.811. The molecule has 2 rings (SSSR count). The molecule has 2 unspecified atom stereocenters. The standard InChI is InChI=1S/C12H17N3O2/c13-8-2-1-3-9(6-8)17-10-4-5-15-11(7-10)12(14)16/h4-5,7-9H,1-3,6,13H2,(H2,14,16). The SMILES string of the molecule is NC(=O)c1cc(OC2CCCC(N)C2)ccn1. The number of amides is 1. The van der Waals surface area contributed by atoms with Crippen LogP contribution in [-0.2, 0) is 0 Å². The third-order valence-corrected chi connectivity index (χ3v) is 2.95. The number of carbonyl (C=O) groups excluding carboxylic acids is 1. The fraction of sp³-hybridized carbons (Fsp3) is 0.500. The van der Waals surface area contributed by atoms with Gasteiger partial charge in [-0.25, -0.2) is 0 Å². The van der Waals surface area contributed by atoms with E-state index in [0.29, 0.717) is 5.75 Å². The average Bonchev–Trinajstić information content (AvgIpc) is 2.29. The van der Waals surface area contributed by atoms with E-state index in [0.717, 1.165) is 25.7 Å². The Morgan fingerprint density at radius 3 is 3.00 bits per heavy atom. The first-order valence-electron chi connectivity index (χ1n) is 5.83. The van der Waals surface area contributed by atoms with E-state index in [9.17, 15) is 4.79 Å². The highest BCUT2D eigenvalue weighted by atomic mass is 16.5. The Morgan fingerprint density at radius 2 is 2.29 bits per heavy atom. The molecule has 1 saturated carbocycles. The summed E-state index contributed by atoms with van der Waals surface area (Å²) < 4.78 is 5.79. The third-order valence-electron chi connectivity index (χ3n) is 2.95. The number of hydrogen-bond donors (Lipinski definition) is 2. The van der Waals surface area contributed by atoms with Gasteiger partial charge in [0.15, 0.2) is 0 Å². The fourth-order valence-electron chi connectivity index (χ4n) is 2.10. The first-order valence-corrected chi connectivity index (χ1v) is 5.83. The van der Waals surface area contributed by atoms with Crippen LogP contribution in [-0.4, -0.2) is 23.0 Å². The van der Waals surface area contributed by atoms with E-state index in [1.54, 1.807) is 12.1 Å². The van der Waals surface area contributed by atoms with Crippen molar-refractivity contribution in [2.24, 2.45) is 11.5 Å². The molecule has 0 spiro atoms. The number of rotatable bonds is 3. The topological polar surface area (TPSA) is 91.2 Å². The zero-order valence-corrected chi connectivity index (χ0v) is 9.63. The van der Waals surface area contributed by atoms with Crippen molar-refractivity contribution in [1.29, 1.82) is 0 Å². The molecule has 1 aromatic rings. The van der Waals surface area contributed by atoms with Gasteiger partial charge < -0.3 is 16.2 Å². The minimum Gasteiger partial charge on any atom is -0.490 e. The van der Waals surface area contributed by atoms with Gasteiger partial charge in [0, 0.05) is 18.3 Å². The Balaban J connectivity index is 2.02. The lowest BCUT2D eigenvalue weighted by Crippen LogP contribution is -2.33. The summed E-state index contributed by atoms with van der Waals surface area (Å²) in [5.74, 6) is 0.0868. The van der Waals surface area contributed by atoms with Crippen LogP contribution in [0, 0.1) is 0 Å². The molecule has 2 atom stereocenters. The van der Waals surface area contributed by atoms with Gasteiger partial charge in [0.05, 0.1) is 0 Å². The molecule has 4 N–H and O–H groups in total. The number of carbonyl (C=O) groups is 1. The lowest BCUT2D eigenvalue weighted by Gasteiger charge is -2.27. The number of ether oxygens (including phenoxy) is 1. The maximum atomic E-state index is 11.0. The van der Waals surface area contributed by atoms with Gasteiger partial charge in [-0.15, -0.1) is 0 Å². The van der Waals surface area contributed by atoms with E-state index in [2.05, 4.69) is 4.98 Å². The highest BCUT2D eigenvalue weighted by Crippen LogP contribution is 2.22. The highest BCUT2D eigenvalue weighted by molar-refractivity contribution is 5.91. The van der Waals surface area contributed by atoms with Crippen molar-refractivity contribution in [3.63, 3.8) is 0 Å². The zero-order chi connectivity index (χ0) is 12.3. The molecule has 0 aromatic carbocycles.